The second kappa shape index (κ2) is 5.52. The van der Waals surface area contributed by atoms with Crippen molar-refractivity contribution in [2.24, 2.45) is 5.41 Å². The van der Waals surface area contributed by atoms with E-state index < -0.39 is 17.4 Å². The lowest BCUT2D eigenvalue weighted by Crippen LogP contribution is -2.43. The van der Waals surface area contributed by atoms with Gasteiger partial charge in [0.15, 0.2) is 0 Å². The molecule has 2 fully saturated rings. The molecule has 0 aromatic rings. The van der Waals surface area contributed by atoms with Crippen LogP contribution in [0.4, 0.5) is 0 Å². The predicted octanol–water partition coefficient (Wildman–Crippen LogP) is 0.711. The third-order valence-corrected chi connectivity index (χ3v) is 4.62. The SMILES string of the molecule is CCCN1C(=O)CC(N2CCC(CC)(C(=O)O)C2)C1=O. The van der Waals surface area contributed by atoms with Gasteiger partial charge >= 0.3 is 5.97 Å². The van der Waals surface area contributed by atoms with Gasteiger partial charge in [0.05, 0.1) is 17.9 Å². The zero-order chi connectivity index (χ0) is 14.9. The summed E-state index contributed by atoms with van der Waals surface area (Å²) in [4.78, 5) is 38.8. The Bertz CT molecular complexity index is 437. The maximum Gasteiger partial charge on any atom is 0.310 e. The molecule has 1 N–H and O–H groups in total. The molecular weight excluding hydrogens is 260 g/mol. The Kier molecular flexibility index (Phi) is 4.13. The second-order valence-corrected chi connectivity index (χ2v) is 5.76. The van der Waals surface area contributed by atoms with Gasteiger partial charge in [-0.05, 0) is 19.3 Å². The van der Waals surface area contributed by atoms with Crippen LogP contribution in [0.2, 0.25) is 0 Å². The van der Waals surface area contributed by atoms with E-state index in [2.05, 4.69) is 0 Å². The Balaban J connectivity index is 2.09. The van der Waals surface area contributed by atoms with Gasteiger partial charge in [0.25, 0.3) is 0 Å². The van der Waals surface area contributed by atoms with Crippen molar-refractivity contribution in [2.75, 3.05) is 19.6 Å². The van der Waals surface area contributed by atoms with Crippen molar-refractivity contribution >= 4 is 17.8 Å². The van der Waals surface area contributed by atoms with E-state index in [1.807, 2.05) is 18.7 Å². The van der Waals surface area contributed by atoms with Crippen LogP contribution in [0.1, 0.15) is 39.5 Å². The van der Waals surface area contributed by atoms with Crippen LogP contribution in [0.5, 0.6) is 0 Å². The molecule has 2 heterocycles. The summed E-state index contributed by atoms with van der Waals surface area (Å²) in [5.41, 5.74) is -0.762. The first-order valence-corrected chi connectivity index (χ1v) is 7.27. The minimum atomic E-state index is -0.801. The van der Waals surface area contributed by atoms with Gasteiger partial charge in [-0.1, -0.05) is 13.8 Å². The van der Waals surface area contributed by atoms with Gasteiger partial charge in [-0.3, -0.25) is 24.2 Å². The van der Waals surface area contributed by atoms with Crippen molar-refractivity contribution in [3.05, 3.63) is 0 Å². The number of likely N-dealkylation sites (tertiary alicyclic amines) is 2. The molecule has 0 aliphatic carbocycles. The number of carbonyl (C=O) groups excluding carboxylic acids is 2. The van der Waals surface area contributed by atoms with Crippen LogP contribution >= 0.6 is 0 Å². The van der Waals surface area contributed by atoms with Crippen molar-refractivity contribution in [3.8, 4) is 0 Å². The maximum absolute atomic E-state index is 12.3. The Morgan fingerprint density at radius 1 is 1.40 bits per heavy atom. The van der Waals surface area contributed by atoms with Gasteiger partial charge in [-0.25, -0.2) is 0 Å². The molecule has 2 amide bonds. The normalized spacial score (nSPS) is 31.3. The number of rotatable bonds is 5. The minimum Gasteiger partial charge on any atom is -0.481 e. The lowest BCUT2D eigenvalue weighted by Gasteiger charge is -2.26. The zero-order valence-electron chi connectivity index (χ0n) is 12.1. The van der Waals surface area contributed by atoms with Crippen LogP contribution in [0, 0.1) is 5.41 Å². The molecule has 0 spiro atoms. The molecule has 2 rings (SSSR count). The van der Waals surface area contributed by atoms with E-state index in [0.29, 0.717) is 32.5 Å². The summed E-state index contributed by atoms with van der Waals surface area (Å²) >= 11 is 0. The number of nitrogens with zero attached hydrogens (tertiary/aromatic N) is 2. The first-order valence-electron chi connectivity index (χ1n) is 7.27. The number of carbonyl (C=O) groups is 3. The maximum atomic E-state index is 12.3. The summed E-state index contributed by atoms with van der Waals surface area (Å²) in [6, 6.07) is -0.457. The Morgan fingerprint density at radius 3 is 2.60 bits per heavy atom. The Hall–Kier alpha value is -1.43. The number of hydrogen-bond acceptors (Lipinski definition) is 4. The topological polar surface area (TPSA) is 77.9 Å². The zero-order valence-corrected chi connectivity index (χ0v) is 12.1. The molecule has 112 valence electrons. The monoisotopic (exact) mass is 282 g/mol. The number of imide groups is 1. The smallest absolute Gasteiger partial charge is 0.310 e. The predicted molar refractivity (Wildman–Crippen MR) is 72.0 cm³/mol. The molecule has 2 aliphatic rings. The fourth-order valence-corrected chi connectivity index (χ4v) is 3.19. The highest BCUT2D eigenvalue weighted by molar-refractivity contribution is 6.05. The van der Waals surface area contributed by atoms with Crippen molar-refractivity contribution in [1.82, 2.24) is 9.80 Å². The van der Waals surface area contributed by atoms with Gasteiger partial charge in [-0.2, -0.15) is 0 Å². The molecule has 0 radical (unpaired) electrons. The first-order chi connectivity index (χ1) is 9.45. The van der Waals surface area contributed by atoms with Gasteiger partial charge in [0.2, 0.25) is 11.8 Å². The first kappa shape index (κ1) is 15.0. The van der Waals surface area contributed by atoms with E-state index in [4.69, 9.17) is 0 Å². The fourth-order valence-electron chi connectivity index (χ4n) is 3.19. The molecule has 0 aromatic carbocycles. The quantitative estimate of drug-likeness (QED) is 0.751. The van der Waals surface area contributed by atoms with E-state index in [1.54, 1.807) is 0 Å². The van der Waals surface area contributed by atoms with E-state index in [0.717, 1.165) is 6.42 Å². The average Bonchev–Trinajstić information content (AvgIpc) is 2.96. The van der Waals surface area contributed by atoms with Gasteiger partial charge in [-0.15, -0.1) is 0 Å². The van der Waals surface area contributed by atoms with Crippen LogP contribution < -0.4 is 0 Å². The third-order valence-electron chi connectivity index (χ3n) is 4.62. The van der Waals surface area contributed by atoms with Crippen molar-refractivity contribution in [3.63, 3.8) is 0 Å². The van der Waals surface area contributed by atoms with Crippen LogP contribution in [0.15, 0.2) is 0 Å². The van der Waals surface area contributed by atoms with Gasteiger partial charge in [0, 0.05) is 19.6 Å². The average molecular weight is 282 g/mol. The molecule has 0 saturated carbocycles. The molecule has 2 unspecified atom stereocenters. The molecule has 6 nitrogen and oxygen atoms in total. The number of hydrogen-bond donors (Lipinski definition) is 1. The van der Waals surface area contributed by atoms with Gasteiger partial charge in [0.1, 0.15) is 0 Å². The van der Waals surface area contributed by atoms with Crippen LogP contribution in [-0.2, 0) is 14.4 Å². The fraction of sp³-hybridized carbons (Fsp3) is 0.786. The van der Waals surface area contributed by atoms with Crippen LogP contribution in [0.25, 0.3) is 0 Å². The van der Waals surface area contributed by atoms with E-state index >= 15 is 0 Å². The number of aliphatic carboxylic acids is 1. The summed E-state index contributed by atoms with van der Waals surface area (Å²) in [5.74, 6) is -1.09. The molecular formula is C14H22N2O4. The largest absolute Gasteiger partial charge is 0.481 e. The van der Waals surface area contributed by atoms with E-state index in [1.165, 1.54) is 4.90 Å². The standard InChI is InChI=1S/C14H22N2O4/c1-3-6-16-11(17)8-10(12(16)18)15-7-5-14(4-2,9-15)13(19)20/h10H,3-9H2,1-2H3,(H,19,20). The van der Waals surface area contributed by atoms with E-state index in [-0.39, 0.29) is 18.2 Å². The lowest BCUT2D eigenvalue weighted by atomic mass is 9.84. The highest BCUT2D eigenvalue weighted by atomic mass is 16.4. The molecule has 2 aliphatic heterocycles. The molecule has 2 atom stereocenters. The summed E-state index contributed by atoms with van der Waals surface area (Å²) in [5, 5.41) is 9.39. The molecule has 0 aromatic heterocycles. The summed E-state index contributed by atoms with van der Waals surface area (Å²) in [7, 11) is 0. The summed E-state index contributed by atoms with van der Waals surface area (Å²) in [6.07, 6.45) is 2.04. The lowest BCUT2D eigenvalue weighted by molar-refractivity contribution is -0.149. The second-order valence-electron chi connectivity index (χ2n) is 5.76. The van der Waals surface area contributed by atoms with E-state index in [9.17, 15) is 19.5 Å². The summed E-state index contributed by atoms with van der Waals surface area (Å²) in [6.45, 7) is 5.19. The third kappa shape index (κ3) is 2.32. The summed E-state index contributed by atoms with van der Waals surface area (Å²) < 4.78 is 0. The molecule has 0 bridgehead atoms. The Labute approximate surface area is 118 Å². The van der Waals surface area contributed by atoms with Crippen molar-refractivity contribution < 1.29 is 19.5 Å². The molecule has 2 saturated heterocycles. The number of amides is 2. The molecule has 20 heavy (non-hydrogen) atoms. The highest BCUT2D eigenvalue weighted by Gasteiger charge is 2.49. The molecule has 6 heteroatoms. The van der Waals surface area contributed by atoms with Crippen LogP contribution in [-0.4, -0.2) is 58.4 Å². The van der Waals surface area contributed by atoms with Crippen LogP contribution in [0.3, 0.4) is 0 Å². The van der Waals surface area contributed by atoms with Crippen molar-refractivity contribution in [1.29, 1.82) is 0 Å². The van der Waals surface area contributed by atoms with Gasteiger partial charge < -0.3 is 5.11 Å². The number of carboxylic acids is 1. The Morgan fingerprint density at radius 2 is 2.10 bits per heavy atom. The highest BCUT2D eigenvalue weighted by Crippen LogP contribution is 2.36. The minimum absolute atomic E-state index is 0.133. The number of carboxylic acid groups (broad SMARTS) is 1. The van der Waals surface area contributed by atoms with Crippen molar-refractivity contribution in [2.45, 2.75) is 45.6 Å².